The second-order valence-electron chi connectivity index (χ2n) is 17.9. The number of hydrogen-bond acceptors (Lipinski definition) is 4. The summed E-state index contributed by atoms with van der Waals surface area (Å²) in [5.74, 6) is 1.45. The molecule has 9 rings (SSSR count). The summed E-state index contributed by atoms with van der Waals surface area (Å²) in [5.41, 5.74) is 18.7. The van der Waals surface area contributed by atoms with Gasteiger partial charge in [-0.05, 0) is 96.2 Å². The predicted molar refractivity (Wildman–Crippen MR) is 245 cm³/mol. The van der Waals surface area contributed by atoms with Crippen LogP contribution in [0.15, 0.2) is 164 Å². The van der Waals surface area contributed by atoms with Crippen molar-refractivity contribution in [3.05, 3.63) is 198 Å². The van der Waals surface area contributed by atoms with E-state index in [-0.39, 0.29) is 10.8 Å². The molecular formula is C55H50N4. The lowest BCUT2D eigenvalue weighted by atomic mass is 9.68. The number of nitrogens with zero attached hydrogens (tertiary/aromatic N) is 4. The molecule has 4 heteroatoms. The maximum absolute atomic E-state index is 4.89. The van der Waals surface area contributed by atoms with Gasteiger partial charge in [0, 0.05) is 47.0 Å². The maximum Gasteiger partial charge on any atom is 0.159 e. The van der Waals surface area contributed by atoms with Crippen LogP contribution < -0.4 is 0 Å². The standard InChI is InChI=1S/C55H50N4/c1-9-11-14-43-44-15-12-13-16-48(44)55(47(43)10-2)49-29-37(39-31-56-51(57-32-39)35-17-23-41(24-18-35)53(3,4)5)21-27-45(49)46-28-22-38(30-50(46)55)40-33-58-52(59-34-40)36-19-25-42(26-20-36)54(6,7)8/h9,11-34H,1,10H2,2-8H3/b14-11-. The van der Waals surface area contributed by atoms with Crippen molar-refractivity contribution in [1.29, 1.82) is 0 Å². The molecule has 0 atom stereocenters. The van der Waals surface area contributed by atoms with Gasteiger partial charge in [-0.25, -0.2) is 19.9 Å². The van der Waals surface area contributed by atoms with E-state index in [4.69, 9.17) is 19.9 Å². The normalized spacial score (nSPS) is 14.2. The first-order valence-corrected chi connectivity index (χ1v) is 20.7. The molecule has 0 aliphatic heterocycles. The van der Waals surface area contributed by atoms with Crippen molar-refractivity contribution in [3.8, 4) is 56.2 Å². The topological polar surface area (TPSA) is 51.6 Å². The van der Waals surface area contributed by atoms with Crippen molar-refractivity contribution >= 4 is 5.57 Å². The Kier molecular flexibility index (Phi) is 9.27. The molecule has 0 fully saturated rings. The molecular weight excluding hydrogens is 717 g/mol. The molecule has 0 saturated carbocycles. The summed E-state index contributed by atoms with van der Waals surface area (Å²) in [5, 5.41) is 0. The monoisotopic (exact) mass is 766 g/mol. The lowest BCUT2D eigenvalue weighted by Crippen LogP contribution is -2.27. The molecule has 1 spiro atoms. The van der Waals surface area contributed by atoms with Gasteiger partial charge in [0.2, 0.25) is 0 Å². The first kappa shape index (κ1) is 38.0. The Hall–Kier alpha value is -6.52. The Balaban J connectivity index is 1.16. The van der Waals surface area contributed by atoms with Gasteiger partial charge in [0.1, 0.15) is 0 Å². The van der Waals surface area contributed by atoms with E-state index in [1.54, 1.807) is 0 Å². The van der Waals surface area contributed by atoms with Crippen LogP contribution in [0.3, 0.4) is 0 Å². The number of rotatable bonds is 7. The van der Waals surface area contributed by atoms with Gasteiger partial charge < -0.3 is 0 Å². The van der Waals surface area contributed by atoms with Gasteiger partial charge in [-0.15, -0.1) is 0 Å². The third kappa shape index (κ3) is 6.39. The van der Waals surface area contributed by atoms with Crippen molar-refractivity contribution in [1.82, 2.24) is 19.9 Å². The number of aromatic nitrogens is 4. The van der Waals surface area contributed by atoms with Gasteiger partial charge in [-0.3, -0.25) is 0 Å². The molecule has 59 heavy (non-hydrogen) atoms. The van der Waals surface area contributed by atoms with Crippen molar-refractivity contribution in [2.75, 3.05) is 0 Å². The summed E-state index contributed by atoms with van der Waals surface area (Å²) in [6.07, 6.45) is 14.9. The molecule has 0 N–H and O–H groups in total. The van der Waals surface area contributed by atoms with Crippen LogP contribution in [0.25, 0.3) is 61.7 Å². The fraction of sp³-hybridized carbons (Fsp3) is 0.200. The van der Waals surface area contributed by atoms with Crippen LogP contribution >= 0.6 is 0 Å². The second-order valence-corrected chi connectivity index (χ2v) is 17.9. The first-order valence-electron chi connectivity index (χ1n) is 20.7. The zero-order valence-electron chi connectivity index (χ0n) is 35.1. The Morgan fingerprint density at radius 1 is 0.508 bits per heavy atom. The summed E-state index contributed by atoms with van der Waals surface area (Å²) in [7, 11) is 0. The van der Waals surface area contributed by atoms with Crippen LogP contribution in [0.1, 0.15) is 88.3 Å². The zero-order valence-corrected chi connectivity index (χ0v) is 35.1. The van der Waals surface area contributed by atoms with Crippen molar-refractivity contribution in [2.24, 2.45) is 0 Å². The molecule has 7 aromatic rings. The molecule has 2 aromatic heterocycles. The summed E-state index contributed by atoms with van der Waals surface area (Å²) >= 11 is 0. The average Bonchev–Trinajstić information content (AvgIpc) is 3.70. The molecule has 4 nitrogen and oxygen atoms in total. The van der Waals surface area contributed by atoms with Crippen LogP contribution in [-0.4, -0.2) is 19.9 Å². The Bertz CT molecular complexity index is 2640. The molecule has 0 amide bonds. The largest absolute Gasteiger partial charge is 0.236 e. The van der Waals surface area contributed by atoms with E-state index < -0.39 is 5.41 Å². The third-order valence-corrected chi connectivity index (χ3v) is 12.3. The molecule has 5 aromatic carbocycles. The van der Waals surface area contributed by atoms with Gasteiger partial charge in [-0.2, -0.15) is 0 Å². The van der Waals surface area contributed by atoms with Crippen LogP contribution in [0.2, 0.25) is 0 Å². The third-order valence-electron chi connectivity index (χ3n) is 12.3. The highest BCUT2D eigenvalue weighted by molar-refractivity contribution is 5.98. The van der Waals surface area contributed by atoms with Gasteiger partial charge in [0.15, 0.2) is 11.6 Å². The molecule has 290 valence electrons. The van der Waals surface area contributed by atoms with Gasteiger partial charge >= 0.3 is 0 Å². The maximum atomic E-state index is 4.89. The highest BCUT2D eigenvalue weighted by atomic mass is 14.9. The summed E-state index contributed by atoms with van der Waals surface area (Å²) in [6.45, 7) is 19.7. The van der Waals surface area contributed by atoms with Gasteiger partial charge in [0.25, 0.3) is 0 Å². The molecule has 2 aliphatic rings. The van der Waals surface area contributed by atoms with Crippen molar-refractivity contribution < 1.29 is 0 Å². The van der Waals surface area contributed by atoms with Crippen LogP contribution in [0, 0.1) is 0 Å². The Morgan fingerprint density at radius 3 is 1.37 bits per heavy atom. The molecule has 2 aliphatic carbocycles. The molecule has 0 bridgehead atoms. The average molecular weight is 767 g/mol. The predicted octanol–water partition coefficient (Wildman–Crippen LogP) is 13.8. The van der Waals surface area contributed by atoms with E-state index in [0.29, 0.717) is 0 Å². The summed E-state index contributed by atoms with van der Waals surface area (Å²) in [6, 6.07) is 40.0. The lowest BCUT2D eigenvalue weighted by Gasteiger charge is -2.33. The minimum Gasteiger partial charge on any atom is -0.236 e. The molecule has 0 saturated heterocycles. The Morgan fingerprint density at radius 2 is 0.949 bits per heavy atom. The second kappa shape index (κ2) is 14.4. The minimum absolute atomic E-state index is 0.0878. The van der Waals surface area contributed by atoms with Gasteiger partial charge in [0.05, 0.1) is 5.41 Å². The fourth-order valence-corrected chi connectivity index (χ4v) is 9.17. The highest BCUT2D eigenvalue weighted by Crippen LogP contribution is 2.63. The van der Waals surface area contributed by atoms with Crippen molar-refractivity contribution in [2.45, 2.75) is 71.1 Å². The summed E-state index contributed by atoms with van der Waals surface area (Å²) in [4.78, 5) is 19.5. The molecule has 2 heterocycles. The summed E-state index contributed by atoms with van der Waals surface area (Å²) < 4.78 is 0. The molecule has 0 unspecified atom stereocenters. The van der Waals surface area contributed by atoms with Crippen LogP contribution in [-0.2, 0) is 16.2 Å². The Labute approximate surface area is 349 Å². The zero-order chi connectivity index (χ0) is 41.1. The van der Waals surface area contributed by atoms with Crippen LogP contribution in [0.5, 0.6) is 0 Å². The first-order chi connectivity index (χ1) is 28.4. The van der Waals surface area contributed by atoms with E-state index in [0.717, 1.165) is 51.5 Å². The number of fused-ring (bicyclic) bond motifs is 7. The lowest BCUT2D eigenvalue weighted by molar-refractivity contribution is 0.590. The number of hydrogen-bond donors (Lipinski definition) is 0. The smallest absolute Gasteiger partial charge is 0.159 e. The number of benzene rings is 5. The van der Waals surface area contributed by atoms with Crippen LogP contribution in [0.4, 0.5) is 0 Å². The van der Waals surface area contributed by atoms with Crippen molar-refractivity contribution in [3.63, 3.8) is 0 Å². The quantitative estimate of drug-likeness (QED) is 0.152. The van der Waals surface area contributed by atoms with Gasteiger partial charge in [-0.1, -0.05) is 170 Å². The van der Waals surface area contributed by atoms with E-state index in [2.05, 4.69) is 176 Å². The van der Waals surface area contributed by atoms with E-state index in [1.165, 1.54) is 55.7 Å². The number of allylic oxidation sites excluding steroid dienone is 5. The van der Waals surface area contributed by atoms with E-state index in [1.807, 2.05) is 30.9 Å². The highest BCUT2D eigenvalue weighted by Gasteiger charge is 2.52. The SMILES string of the molecule is C=C/C=C\C1=C(CC)C2(c3ccccc31)c1cc(-c3cnc(-c4ccc(C(C)(C)C)cc4)nc3)ccc1-c1ccc(-c3cnc(-c4ccc(C(C)(C)C)cc4)nc3)cc12. The van der Waals surface area contributed by atoms with E-state index >= 15 is 0 Å². The van der Waals surface area contributed by atoms with E-state index in [9.17, 15) is 0 Å². The molecule has 0 radical (unpaired) electrons. The fourth-order valence-electron chi connectivity index (χ4n) is 9.17. The minimum atomic E-state index is -0.506.